The van der Waals surface area contributed by atoms with Gasteiger partial charge >= 0.3 is 11.9 Å². The number of nitrogens with one attached hydrogen (secondary N) is 4. The van der Waals surface area contributed by atoms with Crippen molar-refractivity contribution in [3.63, 3.8) is 0 Å². The second-order valence-corrected chi connectivity index (χ2v) is 9.52. The number of carbonyl (C=O) groups excluding carboxylic acids is 4. The number of carboxylic acids is 2. The predicted octanol–water partition coefficient (Wildman–Crippen LogP) is -1.50. The Morgan fingerprint density at radius 3 is 2.21 bits per heavy atom. The molecule has 2 saturated heterocycles. The minimum Gasteiger partial charge on any atom is -0.481 e. The maximum absolute atomic E-state index is 12.7. The monoisotopic (exact) mass is 547 g/mol. The first kappa shape index (κ1) is 27.5. The number of amides is 4. The molecule has 0 saturated carbocycles. The Bertz CT molecular complexity index is 840. The van der Waals surface area contributed by atoms with Gasteiger partial charge in [0.05, 0.1) is 17.4 Å². The highest BCUT2D eigenvalue weighted by atomic mass is 79.9. The van der Waals surface area contributed by atoms with Crippen LogP contribution >= 0.6 is 15.9 Å². The summed E-state index contributed by atoms with van der Waals surface area (Å²) in [5.74, 6) is -5.21. The van der Waals surface area contributed by atoms with Crippen molar-refractivity contribution in [1.82, 2.24) is 26.2 Å². The fourth-order valence-electron chi connectivity index (χ4n) is 3.88. The van der Waals surface area contributed by atoms with E-state index in [9.17, 15) is 33.9 Å². The summed E-state index contributed by atoms with van der Waals surface area (Å²) < 4.78 is 0. The number of likely N-dealkylation sites (tertiary alicyclic amines) is 1. The largest absolute Gasteiger partial charge is 0.481 e. The summed E-state index contributed by atoms with van der Waals surface area (Å²) in [4.78, 5) is 73.8. The average molecular weight is 548 g/mol. The molecule has 2 heterocycles. The molecule has 2 rings (SSSR count). The van der Waals surface area contributed by atoms with Crippen molar-refractivity contribution in [3.05, 3.63) is 0 Å². The van der Waals surface area contributed by atoms with E-state index in [1.54, 1.807) is 0 Å². The highest BCUT2D eigenvalue weighted by Crippen LogP contribution is 2.19. The van der Waals surface area contributed by atoms with Crippen molar-refractivity contribution >= 4 is 51.5 Å². The summed E-state index contributed by atoms with van der Waals surface area (Å²) in [6.45, 7) is 2.98. The van der Waals surface area contributed by atoms with Crippen LogP contribution in [0, 0.1) is 0 Å². The molecule has 6 atom stereocenters. The van der Waals surface area contributed by atoms with Gasteiger partial charge in [-0.05, 0) is 39.5 Å². The molecule has 0 bridgehead atoms. The first-order valence-corrected chi connectivity index (χ1v) is 11.9. The fourth-order valence-corrected chi connectivity index (χ4v) is 4.46. The SMILES string of the molecule is C[C@H](NC(=O)[C@@H]1CCC(Br)N1)C(=O)N[C@@H](CC(=O)O)C(=O)N[C@@H](C)C(=O)N1CCC[C@H]1C(=O)O. The van der Waals surface area contributed by atoms with Crippen LogP contribution in [0.5, 0.6) is 0 Å². The number of halogens is 1. The number of hydrogen-bond donors (Lipinski definition) is 6. The summed E-state index contributed by atoms with van der Waals surface area (Å²) in [6.07, 6.45) is 1.37. The van der Waals surface area contributed by atoms with Gasteiger partial charge < -0.3 is 31.1 Å². The van der Waals surface area contributed by atoms with Gasteiger partial charge in [-0.1, -0.05) is 15.9 Å². The molecular formula is C20H30BrN5O8. The van der Waals surface area contributed by atoms with E-state index in [-0.39, 0.29) is 11.5 Å². The van der Waals surface area contributed by atoms with Crippen LogP contribution in [0.3, 0.4) is 0 Å². The lowest BCUT2D eigenvalue weighted by Crippen LogP contribution is -2.57. The predicted molar refractivity (Wildman–Crippen MR) is 121 cm³/mol. The molecule has 2 fully saturated rings. The molecular weight excluding hydrogens is 518 g/mol. The lowest BCUT2D eigenvalue weighted by atomic mass is 10.1. The van der Waals surface area contributed by atoms with Crippen LogP contribution in [0.2, 0.25) is 0 Å². The quantitative estimate of drug-likeness (QED) is 0.139. The molecule has 1 unspecified atom stereocenters. The molecule has 0 aromatic carbocycles. The zero-order chi connectivity index (χ0) is 25.6. The molecule has 14 heteroatoms. The van der Waals surface area contributed by atoms with Gasteiger partial charge in [0, 0.05) is 6.54 Å². The topological polar surface area (TPSA) is 194 Å². The van der Waals surface area contributed by atoms with Gasteiger partial charge in [0.1, 0.15) is 24.2 Å². The van der Waals surface area contributed by atoms with E-state index in [0.29, 0.717) is 19.3 Å². The van der Waals surface area contributed by atoms with Gasteiger partial charge in [0.15, 0.2) is 0 Å². The van der Waals surface area contributed by atoms with E-state index in [2.05, 4.69) is 37.2 Å². The molecule has 0 spiro atoms. The first-order valence-electron chi connectivity index (χ1n) is 11.0. The number of alkyl halides is 1. The molecule has 190 valence electrons. The lowest BCUT2D eigenvalue weighted by Gasteiger charge is -2.27. The number of carbonyl (C=O) groups is 6. The minimum atomic E-state index is -1.51. The van der Waals surface area contributed by atoms with E-state index in [0.717, 1.165) is 11.3 Å². The first-order chi connectivity index (χ1) is 15.9. The van der Waals surface area contributed by atoms with E-state index < -0.39 is 72.2 Å². The van der Waals surface area contributed by atoms with E-state index >= 15 is 0 Å². The molecule has 4 amide bonds. The zero-order valence-corrected chi connectivity index (χ0v) is 20.5. The smallest absolute Gasteiger partial charge is 0.326 e. The van der Waals surface area contributed by atoms with Crippen molar-refractivity contribution in [2.45, 2.75) is 81.1 Å². The Balaban J connectivity index is 1.96. The van der Waals surface area contributed by atoms with Gasteiger partial charge in [0.25, 0.3) is 0 Å². The number of rotatable bonds is 10. The van der Waals surface area contributed by atoms with Crippen molar-refractivity contribution in [1.29, 1.82) is 0 Å². The van der Waals surface area contributed by atoms with Gasteiger partial charge in [-0.15, -0.1) is 0 Å². The standard InChI is InChI=1S/C20H30BrN5O8/c1-9(22-17(30)11-5-6-14(21)24-11)16(29)25-12(8-15(27)28)18(31)23-10(2)19(32)26-7-3-4-13(26)20(33)34/h9-14,24H,3-8H2,1-2H3,(H,22,30)(H,23,31)(H,25,29)(H,27,28)(H,33,34)/t9-,10-,11-,12-,13-,14?/m0/s1. The second-order valence-electron chi connectivity index (χ2n) is 8.41. The third kappa shape index (κ3) is 7.38. The molecule has 34 heavy (non-hydrogen) atoms. The van der Waals surface area contributed by atoms with Gasteiger partial charge in [-0.2, -0.15) is 0 Å². The van der Waals surface area contributed by atoms with Gasteiger partial charge in [0.2, 0.25) is 23.6 Å². The Morgan fingerprint density at radius 2 is 1.65 bits per heavy atom. The lowest BCUT2D eigenvalue weighted by molar-refractivity contribution is -0.149. The van der Waals surface area contributed by atoms with Crippen molar-refractivity contribution in [2.75, 3.05) is 6.54 Å². The van der Waals surface area contributed by atoms with Gasteiger partial charge in [-0.25, -0.2) is 4.79 Å². The highest BCUT2D eigenvalue weighted by molar-refractivity contribution is 9.09. The molecule has 6 N–H and O–H groups in total. The molecule has 0 radical (unpaired) electrons. The summed E-state index contributed by atoms with van der Waals surface area (Å²) in [6, 6.07) is -5.16. The molecule has 2 aliphatic heterocycles. The van der Waals surface area contributed by atoms with Crippen LogP contribution in [-0.2, 0) is 28.8 Å². The highest BCUT2D eigenvalue weighted by Gasteiger charge is 2.37. The second kappa shape index (κ2) is 12.1. The summed E-state index contributed by atoms with van der Waals surface area (Å²) in [7, 11) is 0. The summed E-state index contributed by atoms with van der Waals surface area (Å²) in [5.41, 5.74) is 0. The van der Waals surface area contributed by atoms with Crippen molar-refractivity contribution in [3.8, 4) is 0 Å². The fraction of sp³-hybridized carbons (Fsp3) is 0.700. The van der Waals surface area contributed by atoms with Crippen LogP contribution < -0.4 is 21.3 Å². The maximum atomic E-state index is 12.7. The van der Waals surface area contributed by atoms with Crippen LogP contribution in [-0.4, -0.2) is 92.4 Å². The van der Waals surface area contributed by atoms with E-state index in [4.69, 9.17) is 5.11 Å². The molecule has 0 aromatic heterocycles. The molecule has 0 aromatic rings. The Hall–Kier alpha value is -2.74. The van der Waals surface area contributed by atoms with E-state index in [1.165, 1.54) is 13.8 Å². The Labute approximate surface area is 204 Å². The summed E-state index contributed by atoms with van der Waals surface area (Å²) >= 11 is 3.35. The number of hydrogen-bond acceptors (Lipinski definition) is 7. The minimum absolute atomic E-state index is 0.00735. The molecule has 2 aliphatic rings. The maximum Gasteiger partial charge on any atom is 0.326 e. The molecule has 0 aliphatic carbocycles. The normalized spacial score (nSPS) is 24.6. The van der Waals surface area contributed by atoms with Crippen LogP contribution in [0.25, 0.3) is 0 Å². The third-order valence-electron chi connectivity index (χ3n) is 5.72. The van der Waals surface area contributed by atoms with Crippen LogP contribution in [0.1, 0.15) is 46.0 Å². The Kier molecular flexibility index (Phi) is 9.79. The Morgan fingerprint density at radius 1 is 0.971 bits per heavy atom. The van der Waals surface area contributed by atoms with E-state index in [1.807, 2.05) is 0 Å². The van der Waals surface area contributed by atoms with Crippen LogP contribution in [0.4, 0.5) is 0 Å². The number of aliphatic carboxylic acids is 2. The summed E-state index contributed by atoms with van der Waals surface area (Å²) in [5, 5.41) is 28.6. The average Bonchev–Trinajstić information content (AvgIpc) is 3.41. The molecule has 13 nitrogen and oxygen atoms in total. The van der Waals surface area contributed by atoms with Gasteiger partial charge in [-0.3, -0.25) is 29.3 Å². The van der Waals surface area contributed by atoms with Crippen molar-refractivity contribution < 1.29 is 39.0 Å². The number of carboxylic acid groups (broad SMARTS) is 2. The van der Waals surface area contributed by atoms with Crippen LogP contribution in [0.15, 0.2) is 0 Å². The zero-order valence-electron chi connectivity index (χ0n) is 18.9. The number of nitrogens with zero attached hydrogens (tertiary/aromatic N) is 1. The third-order valence-corrected chi connectivity index (χ3v) is 6.44. The van der Waals surface area contributed by atoms with Crippen molar-refractivity contribution in [2.24, 2.45) is 0 Å².